The number of nitrogens with zero attached hydrogens (tertiary/aromatic N) is 1. The molecule has 1 aromatic heterocycles. The smallest absolute Gasteiger partial charge is 0.242 e. The molecule has 25 heavy (non-hydrogen) atoms. The van der Waals surface area contributed by atoms with Gasteiger partial charge in [0, 0.05) is 31.4 Å². The summed E-state index contributed by atoms with van der Waals surface area (Å²) in [5.41, 5.74) is 5.74. The first-order chi connectivity index (χ1) is 11.0. The van der Waals surface area contributed by atoms with Crippen LogP contribution in [0.25, 0.3) is 0 Å². The Morgan fingerprint density at radius 3 is 2.64 bits per heavy atom. The molecule has 4 N–H and O–H groups in total. The van der Waals surface area contributed by atoms with E-state index < -0.39 is 10.0 Å². The maximum atomic E-state index is 12.0. The van der Waals surface area contributed by atoms with Crippen LogP contribution < -0.4 is 15.8 Å². The summed E-state index contributed by atoms with van der Waals surface area (Å²) in [4.78, 5) is 15.9. The van der Waals surface area contributed by atoms with Crippen LogP contribution in [0.4, 0.5) is 0 Å². The molecule has 2 unspecified atom stereocenters. The minimum Gasteiger partial charge on any atom is -0.353 e. The first-order valence-corrected chi connectivity index (χ1v) is 9.40. The predicted octanol–water partition coefficient (Wildman–Crippen LogP) is 1.23. The van der Waals surface area contributed by atoms with Gasteiger partial charge in [0.2, 0.25) is 15.9 Å². The van der Waals surface area contributed by atoms with Crippen LogP contribution in [0.2, 0.25) is 0 Å². The monoisotopic (exact) mass is 412 g/mol. The van der Waals surface area contributed by atoms with Crippen LogP contribution in [0.1, 0.15) is 32.1 Å². The van der Waals surface area contributed by atoms with Crippen LogP contribution in [0.15, 0.2) is 29.4 Å². The molecule has 2 rings (SSSR count). The summed E-state index contributed by atoms with van der Waals surface area (Å²) in [6.45, 7) is 0.627. The van der Waals surface area contributed by atoms with Gasteiger partial charge in [0.05, 0.1) is 0 Å². The lowest BCUT2D eigenvalue weighted by Crippen LogP contribution is -2.45. The number of nitrogens with two attached hydrogens (primary N) is 1. The van der Waals surface area contributed by atoms with Crippen molar-refractivity contribution in [2.24, 2.45) is 11.7 Å². The number of halogens is 2. The molecule has 1 aliphatic rings. The second-order valence-corrected chi connectivity index (χ2v) is 7.56. The highest BCUT2D eigenvalue weighted by Gasteiger charge is 2.25. The van der Waals surface area contributed by atoms with E-state index in [1.54, 1.807) is 6.07 Å². The Morgan fingerprint density at radius 2 is 2.00 bits per heavy atom. The van der Waals surface area contributed by atoms with E-state index in [9.17, 15) is 13.2 Å². The van der Waals surface area contributed by atoms with E-state index in [4.69, 9.17) is 5.73 Å². The lowest BCUT2D eigenvalue weighted by Gasteiger charge is -2.31. The van der Waals surface area contributed by atoms with Crippen LogP contribution in [-0.4, -0.2) is 38.4 Å². The molecule has 0 radical (unpaired) electrons. The fourth-order valence-electron chi connectivity index (χ4n) is 2.85. The van der Waals surface area contributed by atoms with Crippen molar-refractivity contribution in [1.82, 2.24) is 15.0 Å². The van der Waals surface area contributed by atoms with Gasteiger partial charge < -0.3 is 11.1 Å². The molecule has 0 aliphatic heterocycles. The van der Waals surface area contributed by atoms with E-state index in [0.29, 0.717) is 12.5 Å². The van der Waals surface area contributed by atoms with Crippen molar-refractivity contribution < 1.29 is 13.2 Å². The second-order valence-electron chi connectivity index (χ2n) is 5.79. The zero-order valence-electron chi connectivity index (χ0n) is 13.9. The molecule has 144 valence electrons. The average Bonchev–Trinajstić information content (AvgIpc) is 2.56. The summed E-state index contributed by atoms with van der Waals surface area (Å²) in [5.74, 6) is 0.170. The minimum atomic E-state index is -3.62. The van der Waals surface area contributed by atoms with Gasteiger partial charge in [0.1, 0.15) is 4.90 Å². The summed E-state index contributed by atoms with van der Waals surface area (Å²) < 4.78 is 26.4. The van der Waals surface area contributed by atoms with Crippen molar-refractivity contribution in [2.75, 3.05) is 13.1 Å². The molecular weight excluding hydrogens is 387 g/mol. The number of nitrogens with one attached hydrogen (secondary N) is 2. The Kier molecular flexibility index (Phi) is 11.2. The SMILES string of the molecule is Cl.Cl.NCC1CCCCC1NC(=O)CCNS(=O)(=O)c1cccnc1. The quantitative estimate of drug-likeness (QED) is 0.622. The molecule has 1 saturated carbocycles. The zero-order valence-corrected chi connectivity index (χ0v) is 16.3. The standard InChI is InChI=1S/C15H24N4O3S.2ClH/c16-10-12-4-1-2-6-14(12)19-15(20)7-9-18-23(21,22)13-5-3-8-17-11-13;;/h3,5,8,11-12,14,18H,1-2,4,6-7,9-10,16H2,(H,19,20);2*1H. The number of hydrogen-bond acceptors (Lipinski definition) is 5. The molecule has 7 nitrogen and oxygen atoms in total. The molecule has 0 saturated heterocycles. The van der Waals surface area contributed by atoms with E-state index in [1.165, 1.54) is 18.5 Å². The van der Waals surface area contributed by atoms with Crippen LogP contribution in [0, 0.1) is 5.92 Å². The lowest BCUT2D eigenvalue weighted by molar-refractivity contribution is -0.122. The van der Waals surface area contributed by atoms with Crippen LogP contribution in [0.3, 0.4) is 0 Å². The van der Waals surface area contributed by atoms with Gasteiger partial charge in [-0.1, -0.05) is 12.8 Å². The fraction of sp³-hybridized carbons (Fsp3) is 0.600. The molecule has 0 spiro atoms. The zero-order chi connectivity index (χ0) is 16.7. The molecule has 0 aromatic carbocycles. The molecule has 1 aliphatic carbocycles. The van der Waals surface area contributed by atoms with E-state index in [-0.39, 0.29) is 54.6 Å². The summed E-state index contributed by atoms with van der Waals surface area (Å²) in [7, 11) is -3.62. The van der Waals surface area contributed by atoms with Gasteiger partial charge in [-0.05, 0) is 37.4 Å². The van der Waals surface area contributed by atoms with E-state index in [0.717, 1.165) is 25.7 Å². The molecule has 1 amide bonds. The number of amides is 1. The number of pyridine rings is 1. The van der Waals surface area contributed by atoms with Crippen molar-refractivity contribution in [2.45, 2.75) is 43.0 Å². The topological polar surface area (TPSA) is 114 Å². The molecule has 1 heterocycles. The largest absolute Gasteiger partial charge is 0.353 e. The van der Waals surface area contributed by atoms with Gasteiger partial charge in [-0.2, -0.15) is 0 Å². The van der Waals surface area contributed by atoms with Crippen molar-refractivity contribution in [1.29, 1.82) is 0 Å². The average molecular weight is 413 g/mol. The van der Waals surface area contributed by atoms with Gasteiger partial charge in [-0.15, -0.1) is 24.8 Å². The number of carbonyl (C=O) groups excluding carboxylic acids is 1. The highest BCUT2D eigenvalue weighted by molar-refractivity contribution is 7.89. The second kappa shape index (κ2) is 11.6. The summed E-state index contributed by atoms with van der Waals surface area (Å²) >= 11 is 0. The molecule has 1 fully saturated rings. The Hall–Kier alpha value is -0.930. The third-order valence-electron chi connectivity index (χ3n) is 4.15. The highest BCUT2D eigenvalue weighted by atomic mass is 35.5. The number of carbonyl (C=O) groups is 1. The van der Waals surface area contributed by atoms with Crippen molar-refractivity contribution in [3.05, 3.63) is 24.5 Å². The molecule has 0 bridgehead atoms. The first-order valence-electron chi connectivity index (χ1n) is 7.92. The number of rotatable bonds is 7. The summed E-state index contributed by atoms with van der Waals surface area (Å²) in [6.07, 6.45) is 7.10. The molecular formula is C15H26Cl2N4O3S. The van der Waals surface area contributed by atoms with Crippen LogP contribution in [-0.2, 0) is 14.8 Å². The predicted molar refractivity (Wildman–Crippen MR) is 101 cm³/mol. The van der Waals surface area contributed by atoms with Crippen molar-refractivity contribution >= 4 is 40.7 Å². The molecule has 1 aromatic rings. The Labute approximate surface area is 161 Å². The van der Waals surface area contributed by atoms with Gasteiger partial charge in [-0.3, -0.25) is 9.78 Å². The summed E-state index contributed by atoms with van der Waals surface area (Å²) in [5, 5.41) is 2.98. The van der Waals surface area contributed by atoms with Gasteiger partial charge >= 0.3 is 0 Å². The Morgan fingerprint density at radius 1 is 1.28 bits per heavy atom. The normalized spacial score (nSPS) is 20.0. The van der Waals surface area contributed by atoms with Crippen molar-refractivity contribution in [3.8, 4) is 0 Å². The van der Waals surface area contributed by atoms with Crippen LogP contribution in [0.5, 0.6) is 0 Å². The fourth-order valence-corrected chi connectivity index (χ4v) is 3.84. The van der Waals surface area contributed by atoms with Crippen molar-refractivity contribution in [3.63, 3.8) is 0 Å². The first kappa shape index (κ1) is 24.1. The number of hydrogen-bond donors (Lipinski definition) is 3. The maximum Gasteiger partial charge on any atom is 0.242 e. The highest BCUT2D eigenvalue weighted by Crippen LogP contribution is 2.23. The maximum absolute atomic E-state index is 12.0. The van der Waals surface area contributed by atoms with E-state index in [2.05, 4.69) is 15.0 Å². The Bertz CT molecular complexity index is 616. The molecule has 2 atom stereocenters. The van der Waals surface area contributed by atoms with Gasteiger partial charge in [0.15, 0.2) is 0 Å². The van der Waals surface area contributed by atoms with E-state index >= 15 is 0 Å². The van der Waals surface area contributed by atoms with Gasteiger partial charge in [0.25, 0.3) is 0 Å². The van der Waals surface area contributed by atoms with Crippen LogP contribution >= 0.6 is 24.8 Å². The lowest BCUT2D eigenvalue weighted by atomic mass is 9.84. The Balaban J connectivity index is 0.00000288. The minimum absolute atomic E-state index is 0. The third kappa shape index (κ3) is 7.45. The third-order valence-corrected chi connectivity index (χ3v) is 5.59. The number of aromatic nitrogens is 1. The number of sulfonamides is 1. The molecule has 10 heteroatoms. The summed E-state index contributed by atoms with van der Waals surface area (Å²) in [6, 6.07) is 3.12. The van der Waals surface area contributed by atoms with E-state index in [1.807, 2.05) is 0 Å². The van der Waals surface area contributed by atoms with Gasteiger partial charge in [-0.25, -0.2) is 13.1 Å².